The number of nitrogens with one attached hydrogen (secondary N) is 1. The van der Waals surface area contributed by atoms with E-state index in [0.29, 0.717) is 26.1 Å². The molecule has 3 rings (SSSR count). The summed E-state index contributed by atoms with van der Waals surface area (Å²) < 4.78 is 78.0. The Morgan fingerprint density at radius 2 is 2.06 bits per heavy atom. The molecule has 176 valence electrons. The van der Waals surface area contributed by atoms with Crippen LogP contribution in [0.1, 0.15) is 12.8 Å². The maximum absolute atomic E-state index is 13.0. The first kappa shape index (κ1) is 23.9. The van der Waals surface area contributed by atoms with Gasteiger partial charge in [0.25, 0.3) is 0 Å². The largest absolute Gasteiger partial charge is 0.845 e. The van der Waals surface area contributed by atoms with Gasteiger partial charge in [-0.1, -0.05) is 11.6 Å². The van der Waals surface area contributed by atoms with E-state index < -0.39 is 34.4 Å². The average molecular weight is 497 g/mol. The first-order valence-corrected chi connectivity index (χ1v) is 10.9. The number of anilines is 2. The van der Waals surface area contributed by atoms with Crippen LogP contribution >= 0.6 is 11.6 Å². The SMILES string of the molecule is Cn1cc(N(C2CCOCC2)S(=O)(=O)/N=C(\[O-])Nc2cc(Cl)cc(OC(F)(F)F)c2)cn1. The molecule has 1 N–H and O–H groups in total. The van der Waals surface area contributed by atoms with Gasteiger partial charge in [0.2, 0.25) is 0 Å². The number of amidine groups is 1. The zero-order chi connectivity index (χ0) is 23.5. The van der Waals surface area contributed by atoms with Crippen molar-refractivity contribution in [1.82, 2.24) is 9.78 Å². The van der Waals surface area contributed by atoms with Crippen molar-refractivity contribution in [2.45, 2.75) is 25.2 Å². The Labute approximate surface area is 186 Å². The zero-order valence-electron chi connectivity index (χ0n) is 16.5. The first-order chi connectivity index (χ1) is 14.9. The number of hydrogen-bond donors (Lipinski definition) is 1. The fourth-order valence-corrected chi connectivity index (χ4v) is 4.61. The molecule has 0 saturated carbocycles. The summed E-state index contributed by atoms with van der Waals surface area (Å²) in [5.74, 6) is -0.692. The molecule has 2 heterocycles. The van der Waals surface area contributed by atoms with Crippen LogP contribution in [-0.2, 0) is 22.0 Å². The Kier molecular flexibility index (Phi) is 7.05. The minimum Gasteiger partial charge on any atom is -0.845 e. The summed E-state index contributed by atoms with van der Waals surface area (Å²) in [5, 5.41) is 18.2. The van der Waals surface area contributed by atoms with Crippen LogP contribution in [0.3, 0.4) is 0 Å². The van der Waals surface area contributed by atoms with Crippen LogP contribution in [-0.4, -0.2) is 49.8 Å². The van der Waals surface area contributed by atoms with E-state index in [1.54, 1.807) is 7.05 Å². The molecule has 0 radical (unpaired) electrons. The van der Waals surface area contributed by atoms with E-state index in [9.17, 15) is 26.7 Å². The van der Waals surface area contributed by atoms with E-state index in [-0.39, 0.29) is 16.4 Å². The quantitative estimate of drug-likeness (QED) is 0.479. The van der Waals surface area contributed by atoms with Crippen LogP contribution in [0.4, 0.5) is 24.5 Å². The Morgan fingerprint density at radius 3 is 2.66 bits per heavy atom. The van der Waals surface area contributed by atoms with Crippen LogP contribution in [0.15, 0.2) is 35.0 Å². The molecule has 1 fully saturated rings. The molecule has 1 aliphatic rings. The summed E-state index contributed by atoms with van der Waals surface area (Å²) in [5.41, 5.74) is -0.0285. The highest BCUT2D eigenvalue weighted by Gasteiger charge is 2.33. The molecule has 0 aliphatic carbocycles. The molecular formula is C17H18ClF3N5O5S-. The third-order valence-electron chi connectivity index (χ3n) is 4.27. The number of rotatable bonds is 6. The van der Waals surface area contributed by atoms with Crippen molar-refractivity contribution in [3.63, 3.8) is 0 Å². The second-order valence-electron chi connectivity index (χ2n) is 6.73. The van der Waals surface area contributed by atoms with Gasteiger partial charge in [0.15, 0.2) is 0 Å². The number of alkyl halides is 3. The van der Waals surface area contributed by atoms with Crippen LogP contribution in [0, 0.1) is 0 Å². The van der Waals surface area contributed by atoms with Gasteiger partial charge in [-0.15, -0.1) is 17.6 Å². The molecule has 0 unspecified atom stereocenters. The number of hydrogen-bond acceptors (Lipinski definition) is 6. The number of aromatic nitrogens is 2. The van der Waals surface area contributed by atoms with Gasteiger partial charge >= 0.3 is 16.6 Å². The lowest BCUT2D eigenvalue weighted by Crippen LogP contribution is -2.44. The van der Waals surface area contributed by atoms with Crippen molar-refractivity contribution >= 4 is 39.2 Å². The van der Waals surface area contributed by atoms with Gasteiger partial charge in [-0.2, -0.15) is 13.5 Å². The highest BCUT2D eigenvalue weighted by atomic mass is 35.5. The minimum absolute atomic E-state index is 0.177. The third-order valence-corrected chi connectivity index (χ3v) is 5.89. The molecule has 0 amide bonds. The predicted molar refractivity (Wildman–Crippen MR) is 108 cm³/mol. The highest BCUT2D eigenvalue weighted by molar-refractivity contribution is 7.91. The molecule has 32 heavy (non-hydrogen) atoms. The van der Waals surface area contributed by atoms with E-state index in [4.69, 9.17) is 16.3 Å². The molecule has 0 bridgehead atoms. The van der Waals surface area contributed by atoms with Crippen molar-refractivity contribution in [3.8, 4) is 5.75 Å². The predicted octanol–water partition coefficient (Wildman–Crippen LogP) is 2.03. The second kappa shape index (κ2) is 9.42. The Balaban J connectivity index is 1.87. The average Bonchev–Trinajstić information content (AvgIpc) is 3.05. The molecule has 0 spiro atoms. The number of benzene rings is 1. The maximum Gasteiger partial charge on any atom is 0.573 e. The van der Waals surface area contributed by atoms with Crippen LogP contribution in [0.25, 0.3) is 0 Å². The topological polar surface area (TPSA) is 121 Å². The van der Waals surface area contributed by atoms with Crippen molar-refractivity contribution in [2.24, 2.45) is 11.4 Å². The van der Waals surface area contributed by atoms with Crippen LogP contribution in [0.5, 0.6) is 5.75 Å². The summed E-state index contributed by atoms with van der Waals surface area (Å²) >= 11 is 5.75. The van der Waals surface area contributed by atoms with Gasteiger partial charge in [0, 0.05) is 43.2 Å². The van der Waals surface area contributed by atoms with E-state index in [0.717, 1.165) is 22.5 Å². The molecule has 10 nitrogen and oxygen atoms in total. The molecule has 0 atom stereocenters. The fourth-order valence-electron chi connectivity index (χ4n) is 3.10. The molecule has 2 aromatic rings. The normalized spacial score (nSPS) is 16.1. The summed E-state index contributed by atoms with van der Waals surface area (Å²) in [6, 6.07) is 0.978. The monoisotopic (exact) mass is 496 g/mol. The standard InChI is InChI=1S/C17H19ClF3N5O5S/c1-25-10-14(9-22-25)26(13-2-4-30-5-3-13)32(28,29)24-16(27)23-12-6-11(18)7-15(8-12)31-17(19,20)21/h6-10,13H,2-5H2,1H3,(H2,23,24,27)/p-1. The maximum atomic E-state index is 13.0. The molecule has 1 aromatic carbocycles. The summed E-state index contributed by atoms with van der Waals surface area (Å²) in [7, 11) is -2.94. The van der Waals surface area contributed by atoms with Crippen molar-refractivity contribution < 1.29 is 36.2 Å². The number of ether oxygens (including phenoxy) is 2. The van der Waals surface area contributed by atoms with Gasteiger partial charge in [-0.3, -0.25) is 4.68 Å². The number of halogens is 4. The van der Waals surface area contributed by atoms with Gasteiger partial charge < -0.3 is 19.9 Å². The lowest BCUT2D eigenvalue weighted by molar-refractivity contribution is -0.274. The lowest BCUT2D eigenvalue weighted by Gasteiger charge is -2.32. The van der Waals surface area contributed by atoms with Gasteiger partial charge in [-0.05, 0) is 25.0 Å². The number of aryl methyl sites for hydroxylation is 1. The molecule has 1 saturated heterocycles. The summed E-state index contributed by atoms with van der Waals surface area (Å²) in [4.78, 5) is 0. The first-order valence-electron chi connectivity index (χ1n) is 9.14. The van der Waals surface area contributed by atoms with Gasteiger partial charge in [-0.25, -0.2) is 4.31 Å². The highest BCUT2D eigenvalue weighted by Crippen LogP contribution is 2.30. The fraction of sp³-hybridized carbons (Fsp3) is 0.412. The lowest BCUT2D eigenvalue weighted by atomic mass is 10.1. The number of nitrogens with zero attached hydrogens (tertiary/aromatic N) is 4. The minimum atomic E-state index is -4.98. The van der Waals surface area contributed by atoms with Crippen molar-refractivity contribution in [1.29, 1.82) is 0 Å². The Bertz CT molecular complexity index is 1090. The Hall–Kier alpha value is -2.71. The molecule has 1 aromatic heterocycles. The summed E-state index contributed by atoms with van der Waals surface area (Å²) in [6.07, 6.45) is -1.46. The Morgan fingerprint density at radius 1 is 1.38 bits per heavy atom. The van der Waals surface area contributed by atoms with Gasteiger partial charge in [0.1, 0.15) is 5.75 Å². The van der Waals surface area contributed by atoms with Crippen LogP contribution < -0.4 is 19.5 Å². The summed E-state index contributed by atoms with van der Waals surface area (Å²) in [6.45, 7) is 0.654. The zero-order valence-corrected chi connectivity index (χ0v) is 18.1. The van der Waals surface area contributed by atoms with E-state index in [2.05, 4.69) is 19.6 Å². The van der Waals surface area contributed by atoms with E-state index in [1.165, 1.54) is 17.1 Å². The smallest absolute Gasteiger partial charge is 0.573 e. The molecule has 15 heteroatoms. The third kappa shape index (κ3) is 6.40. The van der Waals surface area contributed by atoms with E-state index in [1.807, 2.05) is 0 Å². The second-order valence-corrected chi connectivity index (χ2v) is 8.64. The molecular weight excluding hydrogens is 479 g/mol. The van der Waals surface area contributed by atoms with Gasteiger partial charge in [0.05, 0.1) is 23.9 Å². The van der Waals surface area contributed by atoms with E-state index >= 15 is 0 Å². The van der Waals surface area contributed by atoms with Crippen molar-refractivity contribution in [2.75, 3.05) is 22.8 Å². The molecule has 1 aliphatic heterocycles. The van der Waals surface area contributed by atoms with Crippen molar-refractivity contribution in [3.05, 3.63) is 35.6 Å². The van der Waals surface area contributed by atoms with Crippen LogP contribution in [0.2, 0.25) is 5.02 Å².